The minimum absolute atomic E-state index is 0.400. The van der Waals surface area contributed by atoms with Crippen molar-refractivity contribution >= 4 is 17.5 Å². The van der Waals surface area contributed by atoms with Crippen LogP contribution >= 0.6 is 11.6 Å². The number of carbonyl (C=O) groups is 1. The van der Waals surface area contributed by atoms with E-state index in [0.29, 0.717) is 18.0 Å². The number of amides is 1. The van der Waals surface area contributed by atoms with Crippen LogP contribution in [0.1, 0.15) is 24.5 Å². The highest BCUT2D eigenvalue weighted by Gasteiger charge is 2.36. The number of nitrogens with two attached hydrogens (primary N) is 1. The lowest BCUT2D eigenvalue weighted by molar-refractivity contribution is -0.125. The Labute approximate surface area is 130 Å². The van der Waals surface area contributed by atoms with Crippen molar-refractivity contribution in [3.8, 4) is 0 Å². The normalized spacial score (nSPS) is 13.6. The fourth-order valence-corrected chi connectivity index (χ4v) is 2.63. The van der Waals surface area contributed by atoms with Crippen LogP contribution in [0.4, 0.5) is 0 Å². The van der Waals surface area contributed by atoms with Crippen LogP contribution in [0.25, 0.3) is 0 Å². The Bertz CT molecular complexity index is 615. The molecule has 0 aliphatic heterocycles. The largest absolute Gasteiger partial charge is 0.368 e. The molecular formula is C17H19ClN2O. The summed E-state index contributed by atoms with van der Waals surface area (Å²) < 4.78 is 0. The number of benzene rings is 2. The van der Waals surface area contributed by atoms with Crippen molar-refractivity contribution in [3.05, 3.63) is 70.7 Å². The van der Waals surface area contributed by atoms with Crippen LogP contribution in [0.2, 0.25) is 5.02 Å². The molecule has 1 unspecified atom stereocenters. The summed E-state index contributed by atoms with van der Waals surface area (Å²) in [6.45, 7) is 2.49. The van der Waals surface area contributed by atoms with Gasteiger partial charge in [0.05, 0.1) is 0 Å². The van der Waals surface area contributed by atoms with Gasteiger partial charge in [-0.25, -0.2) is 0 Å². The Kier molecular flexibility index (Phi) is 4.99. The van der Waals surface area contributed by atoms with Gasteiger partial charge in [-0.2, -0.15) is 0 Å². The molecule has 1 atom stereocenters. The first kappa shape index (κ1) is 15.5. The standard InChI is InChI=1S/C17H19ClN2O/c1-2-17(16(19)21,14-9-6-10-15(18)11-14)20-12-13-7-4-3-5-8-13/h3-11,20H,2,12H2,1H3,(H2,19,21). The van der Waals surface area contributed by atoms with Crippen LogP contribution in [-0.2, 0) is 16.9 Å². The van der Waals surface area contributed by atoms with Gasteiger partial charge in [-0.1, -0.05) is 61.0 Å². The van der Waals surface area contributed by atoms with Crippen LogP contribution in [0.15, 0.2) is 54.6 Å². The maximum atomic E-state index is 12.1. The zero-order valence-electron chi connectivity index (χ0n) is 12.0. The molecule has 0 aromatic heterocycles. The third kappa shape index (κ3) is 3.43. The maximum Gasteiger partial charge on any atom is 0.242 e. The predicted molar refractivity (Wildman–Crippen MR) is 85.9 cm³/mol. The molecule has 0 saturated carbocycles. The second-order valence-electron chi connectivity index (χ2n) is 4.97. The highest BCUT2D eigenvalue weighted by Crippen LogP contribution is 2.27. The van der Waals surface area contributed by atoms with E-state index < -0.39 is 11.4 Å². The predicted octanol–water partition coefficient (Wildman–Crippen LogP) is 3.22. The first-order valence-electron chi connectivity index (χ1n) is 6.93. The Morgan fingerprint density at radius 1 is 1.19 bits per heavy atom. The van der Waals surface area contributed by atoms with Gasteiger partial charge in [-0.3, -0.25) is 10.1 Å². The topological polar surface area (TPSA) is 55.1 Å². The Hall–Kier alpha value is -1.84. The fraction of sp³-hybridized carbons (Fsp3) is 0.235. The summed E-state index contributed by atoms with van der Waals surface area (Å²) in [4.78, 5) is 12.1. The molecule has 4 heteroatoms. The van der Waals surface area contributed by atoms with E-state index >= 15 is 0 Å². The molecule has 0 spiro atoms. The number of nitrogens with one attached hydrogen (secondary N) is 1. The van der Waals surface area contributed by atoms with Crippen molar-refractivity contribution < 1.29 is 4.79 Å². The fourth-order valence-electron chi connectivity index (χ4n) is 2.44. The lowest BCUT2D eigenvalue weighted by Crippen LogP contribution is -2.52. The molecule has 2 rings (SSSR count). The van der Waals surface area contributed by atoms with E-state index in [-0.39, 0.29) is 0 Å². The van der Waals surface area contributed by atoms with Crippen LogP contribution in [0.5, 0.6) is 0 Å². The van der Waals surface area contributed by atoms with E-state index in [1.807, 2.05) is 49.4 Å². The van der Waals surface area contributed by atoms with Crippen LogP contribution < -0.4 is 11.1 Å². The zero-order chi connectivity index (χ0) is 15.3. The quantitative estimate of drug-likeness (QED) is 0.861. The molecule has 0 bridgehead atoms. The van der Waals surface area contributed by atoms with Gasteiger partial charge in [-0.15, -0.1) is 0 Å². The second-order valence-corrected chi connectivity index (χ2v) is 5.41. The summed E-state index contributed by atoms with van der Waals surface area (Å²) in [6.07, 6.45) is 0.551. The molecule has 2 aromatic rings. The van der Waals surface area contributed by atoms with Gasteiger partial charge >= 0.3 is 0 Å². The third-order valence-corrected chi connectivity index (χ3v) is 3.94. The minimum Gasteiger partial charge on any atom is -0.368 e. The van der Waals surface area contributed by atoms with Gasteiger partial charge < -0.3 is 5.73 Å². The lowest BCUT2D eigenvalue weighted by Gasteiger charge is -2.31. The summed E-state index contributed by atoms with van der Waals surface area (Å²) >= 11 is 6.05. The molecule has 0 radical (unpaired) electrons. The van der Waals surface area contributed by atoms with Crippen molar-refractivity contribution in [2.75, 3.05) is 0 Å². The summed E-state index contributed by atoms with van der Waals surface area (Å²) in [6, 6.07) is 17.2. The van der Waals surface area contributed by atoms with E-state index in [4.69, 9.17) is 17.3 Å². The van der Waals surface area contributed by atoms with Crippen molar-refractivity contribution in [1.82, 2.24) is 5.32 Å². The summed E-state index contributed by atoms with van der Waals surface area (Å²) in [5, 5.41) is 3.90. The molecule has 3 N–H and O–H groups in total. The van der Waals surface area contributed by atoms with Gasteiger partial charge in [0.25, 0.3) is 0 Å². The van der Waals surface area contributed by atoms with Crippen molar-refractivity contribution in [1.29, 1.82) is 0 Å². The zero-order valence-corrected chi connectivity index (χ0v) is 12.7. The Balaban J connectivity index is 2.31. The number of hydrogen-bond acceptors (Lipinski definition) is 2. The van der Waals surface area contributed by atoms with Crippen molar-refractivity contribution in [2.45, 2.75) is 25.4 Å². The number of halogens is 1. The molecule has 1 amide bonds. The smallest absolute Gasteiger partial charge is 0.242 e. The Morgan fingerprint density at radius 2 is 1.90 bits per heavy atom. The van der Waals surface area contributed by atoms with E-state index in [2.05, 4.69) is 5.32 Å². The number of rotatable bonds is 6. The summed E-state index contributed by atoms with van der Waals surface area (Å²) in [5.41, 5.74) is 6.66. The minimum atomic E-state index is -0.916. The van der Waals surface area contributed by atoms with Gasteiger partial charge in [0.2, 0.25) is 5.91 Å². The summed E-state index contributed by atoms with van der Waals surface area (Å²) in [7, 11) is 0. The molecule has 0 aliphatic rings. The van der Waals surface area contributed by atoms with E-state index in [1.54, 1.807) is 12.1 Å². The molecule has 0 aliphatic carbocycles. The van der Waals surface area contributed by atoms with Crippen LogP contribution in [-0.4, -0.2) is 5.91 Å². The average molecular weight is 303 g/mol. The molecule has 2 aromatic carbocycles. The first-order valence-corrected chi connectivity index (χ1v) is 7.31. The lowest BCUT2D eigenvalue weighted by atomic mass is 9.86. The average Bonchev–Trinajstić information content (AvgIpc) is 2.49. The molecule has 21 heavy (non-hydrogen) atoms. The Morgan fingerprint density at radius 3 is 2.48 bits per heavy atom. The molecule has 0 fully saturated rings. The van der Waals surface area contributed by atoms with Gasteiger partial charge in [-0.05, 0) is 29.7 Å². The van der Waals surface area contributed by atoms with Gasteiger partial charge in [0, 0.05) is 11.6 Å². The molecule has 110 valence electrons. The monoisotopic (exact) mass is 302 g/mol. The SMILES string of the molecule is CCC(NCc1ccccc1)(C(N)=O)c1cccc(Cl)c1. The van der Waals surface area contributed by atoms with Gasteiger partial charge in [0.15, 0.2) is 0 Å². The molecular weight excluding hydrogens is 284 g/mol. The number of primary amides is 1. The highest BCUT2D eigenvalue weighted by molar-refractivity contribution is 6.30. The third-order valence-electron chi connectivity index (χ3n) is 3.71. The number of carbonyl (C=O) groups excluding carboxylic acids is 1. The molecule has 3 nitrogen and oxygen atoms in total. The number of hydrogen-bond donors (Lipinski definition) is 2. The van der Waals surface area contributed by atoms with E-state index in [9.17, 15) is 4.79 Å². The highest BCUT2D eigenvalue weighted by atomic mass is 35.5. The first-order chi connectivity index (χ1) is 10.1. The van der Waals surface area contributed by atoms with Crippen LogP contribution in [0.3, 0.4) is 0 Å². The van der Waals surface area contributed by atoms with E-state index in [1.165, 1.54) is 0 Å². The van der Waals surface area contributed by atoms with Crippen LogP contribution in [0, 0.1) is 0 Å². The second kappa shape index (κ2) is 6.74. The van der Waals surface area contributed by atoms with Gasteiger partial charge in [0.1, 0.15) is 5.54 Å². The van der Waals surface area contributed by atoms with Crippen molar-refractivity contribution in [2.24, 2.45) is 5.73 Å². The summed E-state index contributed by atoms with van der Waals surface area (Å²) in [5.74, 6) is -0.400. The van der Waals surface area contributed by atoms with Crippen molar-refractivity contribution in [3.63, 3.8) is 0 Å². The maximum absolute atomic E-state index is 12.1. The van der Waals surface area contributed by atoms with E-state index in [0.717, 1.165) is 11.1 Å². The molecule has 0 heterocycles. The molecule has 0 saturated heterocycles.